The minimum Gasteiger partial charge on any atom is -0.489 e. The minimum absolute atomic E-state index is 0.0890. The molecule has 0 spiro atoms. The van der Waals surface area contributed by atoms with Gasteiger partial charge in [-0.25, -0.2) is 4.68 Å². The van der Waals surface area contributed by atoms with Gasteiger partial charge in [0.05, 0.1) is 11.8 Å². The molecule has 7 nitrogen and oxygen atoms in total. The summed E-state index contributed by atoms with van der Waals surface area (Å²) in [6, 6.07) is 17.7. The maximum atomic E-state index is 12.3. The standard InChI is InChI=1S/C21H23N5O2S/c27-20(15-29-21-23-24-25-26(21)18-8-4-5-9-18)22-17-10-12-19(13-11-17)28-14-16-6-2-1-3-7-16/h1-3,6-7,10-13,18H,4-5,8-9,14-15H2,(H,22,27). The van der Waals surface area contributed by atoms with Crippen LogP contribution in [0.25, 0.3) is 0 Å². The van der Waals surface area contributed by atoms with Crippen molar-refractivity contribution in [2.75, 3.05) is 11.1 Å². The Morgan fingerprint density at radius 1 is 1.10 bits per heavy atom. The largest absolute Gasteiger partial charge is 0.489 e. The van der Waals surface area contributed by atoms with Gasteiger partial charge >= 0.3 is 0 Å². The third kappa shape index (κ3) is 5.35. The van der Waals surface area contributed by atoms with E-state index in [2.05, 4.69) is 20.8 Å². The van der Waals surface area contributed by atoms with E-state index in [4.69, 9.17) is 4.74 Å². The molecule has 1 heterocycles. The van der Waals surface area contributed by atoms with E-state index in [-0.39, 0.29) is 11.7 Å². The van der Waals surface area contributed by atoms with Crippen molar-refractivity contribution in [2.45, 2.75) is 43.5 Å². The molecule has 1 fully saturated rings. The van der Waals surface area contributed by atoms with Crippen molar-refractivity contribution in [2.24, 2.45) is 0 Å². The van der Waals surface area contributed by atoms with E-state index in [1.54, 1.807) is 0 Å². The van der Waals surface area contributed by atoms with Crippen molar-refractivity contribution in [3.05, 3.63) is 60.2 Å². The summed E-state index contributed by atoms with van der Waals surface area (Å²) in [5, 5.41) is 15.5. The third-order valence-electron chi connectivity index (χ3n) is 4.85. The lowest BCUT2D eigenvalue weighted by Crippen LogP contribution is -2.15. The summed E-state index contributed by atoms with van der Waals surface area (Å²) in [4.78, 5) is 12.3. The molecule has 8 heteroatoms. The molecule has 0 unspecified atom stereocenters. The Hall–Kier alpha value is -2.87. The Kier molecular flexibility index (Phi) is 6.41. The van der Waals surface area contributed by atoms with Crippen LogP contribution in [0.1, 0.15) is 37.3 Å². The van der Waals surface area contributed by atoms with Gasteiger partial charge in [0, 0.05) is 5.69 Å². The zero-order valence-electron chi connectivity index (χ0n) is 16.0. The Morgan fingerprint density at radius 3 is 2.62 bits per heavy atom. The second kappa shape index (κ2) is 9.56. The van der Waals surface area contributed by atoms with E-state index in [1.807, 2.05) is 59.3 Å². The number of benzene rings is 2. The fourth-order valence-corrected chi connectivity index (χ4v) is 4.11. The van der Waals surface area contributed by atoms with Crippen LogP contribution >= 0.6 is 11.8 Å². The lowest BCUT2D eigenvalue weighted by atomic mass is 10.2. The lowest BCUT2D eigenvalue weighted by molar-refractivity contribution is -0.113. The molecule has 3 aromatic rings. The Bertz CT molecular complexity index is 924. The highest BCUT2D eigenvalue weighted by Gasteiger charge is 2.22. The van der Waals surface area contributed by atoms with Crippen LogP contribution in [0.3, 0.4) is 0 Å². The maximum absolute atomic E-state index is 12.3. The van der Waals surface area contributed by atoms with E-state index in [9.17, 15) is 4.79 Å². The van der Waals surface area contributed by atoms with Crippen molar-refractivity contribution in [3.63, 3.8) is 0 Å². The van der Waals surface area contributed by atoms with E-state index in [1.165, 1.54) is 24.6 Å². The molecule has 1 aliphatic carbocycles. The van der Waals surface area contributed by atoms with Gasteiger partial charge < -0.3 is 10.1 Å². The highest BCUT2D eigenvalue weighted by atomic mass is 32.2. The number of hydrogen-bond acceptors (Lipinski definition) is 6. The van der Waals surface area contributed by atoms with Gasteiger partial charge in [0.15, 0.2) is 0 Å². The van der Waals surface area contributed by atoms with Gasteiger partial charge in [0.2, 0.25) is 11.1 Å². The quantitative estimate of drug-likeness (QED) is 0.564. The summed E-state index contributed by atoms with van der Waals surface area (Å²) in [5.41, 5.74) is 1.85. The molecule has 0 aliphatic heterocycles. The highest BCUT2D eigenvalue weighted by Crippen LogP contribution is 2.31. The molecule has 29 heavy (non-hydrogen) atoms. The number of anilines is 1. The molecule has 1 aromatic heterocycles. The first-order valence-corrected chi connectivity index (χ1v) is 10.7. The first-order chi connectivity index (χ1) is 14.3. The van der Waals surface area contributed by atoms with E-state index in [0.717, 1.165) is 29.8 Å². The number of tetrazole rings is 1. The molecule has 4 rings (SSSR count). The van der Waals surface area contributed by atoms with Crippen molar-refractivity contribution in [1.29, 1.82) is 0 Å². The molecule has 1 amide bonds. The first kappa shape index (κ1) is 19.4. The van der Waals surface area contributed by atoms with Crippen LogP contribution in [0.5, 0.6) is 5.75 Å². The predicted octanol–water partition coefficient (Wildman–Crippen LogP) is 4.10. The zero-order chi connectivity index (χ0) is 19.9. The zero-order valence-corrected chi connectivity index (χ0v) is 16.8. The molecule has 2 aromatic carbocycles. The molecule has 150 valence electrons. The van der Waals surface area contributed by atoms with E-state index in [0.29, 0.717) is 17.8 Å². The summed E-state index contributed by atoms with van der Waals surface area (Å²) in [6.45, 7) is 0.513. The number of thioether (sulfide) groups is 1. The van der Waals surface area contributed by atoms with Crippen LogP contribution < -0.4 is 10.1 Å². The molecule has 1 aliphatic rings. The summed E-state index contributed by atoms with van der Waals surface area (Å²) < 4.78 is 7.63. The number of amides is 1. The smallest absolute Gasteiger partial charge is 0.234 e. The summed E-state index contributed by atoms with van der Waals surface area (Å²) >= 11 is 1.37. The van der Waals surface area contributed by atoms with Gasteiger partial charge in [-0.05, 0) is 53.1 Å². The molecule has 1 saturated carbocycles. The van der Waals surface area contributed by atoms with Crippen molar-refractivity contribution in [3.8, 4) is 5.75 Å². The Morgan fingerprint density at radius 2 is 1.86 bits per heavy atom. The normalized spacial score (nSPS) is 14.1. The lowest BCUT2D eigenvalue weighted by Gasteiger charge is -2.11. The van der Waals surface area contributed by atoms with Crippen LogP contribution in [-0.2, 0) is 11.4 Å². The number of hydrogen-bond donors (Lipinski definition) is 1. The fourth-order valence-electron chi connectivity index (χ4n) is 3.36. The number of nitrogens with one attached hydrogen (secondary N) is 1. The van der Waals surface area contributed by atoms with Gasteiger partial charge in [0.25, 0.3) is 0 Å². The van der Waals surface area contributed by atoms with Gasteiger partial charge in [-0.1, -0.05) is 54.9 Å². The SMILES string of the molecule is O=C(CSc1nnnn1C1CCCC1)Nc1ccc(OCc2ccccc2)cc1. The summed E-state index contributed by atoms with van der Waals surface area (Å²) in [5.74, 6) is 0.935. The molecule has 0 saturated heterocycles. The monoisotopic (exact) mass is 409 g/mol. The van der Waals surface area contributed by atoms with Gasteiger partial charge in [-0.15, -0.1) is 5.10 Å². The Labute approximate surface area is 173 Å². The highest BCUT2D eigenvalue weighted by molar-refractivity contribution is 7.99. The van der Waals surface area contributed by atoms with Gasteiger partial charge in [-0.3, -0.25) is 4.79 Å². The topological polar surface area (TPSA) is 81.9 Å². The molecule has 0 radical (unpaired) electrons. The molecule has 0 atom stereocenters. The second-order valence-corrected chi connectivity index (χ2v) is 7.92. The van der Waals surface area contributed by atoms with Crippen LogP contribution in [0.2, 0.25) is 0 Å². The number of carbonyl (C=O) groups excluding carboxylic acids is 1. The third-order valence-corrected chi connectivity index (χ3v) is 5.79. The first-order valence-electron chi connectivity index (χ1n) is 9.75. The molecule has 0 bridgehead atoms. The van der Waals surface area contributed by atoms with Gasteiger partial charge in [-0.2, -0.15) is 0 Å². The minimum atomic E-state index is -0.0890. The number of nitrogens with zero attached hydrogens (tertiary/aromatic N) is 4. The van der Waals surface area contributed by atoms with Crippen molar-refractivity contribution >= 4 is 23.4 Å². The van der Waals surface area contributed by atoms with Crippen LogP contribution in [0, 0.1) is 0 Å². The average Bonchev–Trinajstić information content (AvgIpc) is 3.44. The number of carbonyl (C=O) groups is 1. The van der Waals surface area contributed by atoms with Crippen LogP contribution in [-0.4, -0.2) is 31.9 Å². The molecule has 1 N–H and O–H groups in total. The van der Waals surface area contributed by atoms with Gasteiger partial charge in [0.1, 0.15) is 12.4 Å². The predicted molar refractivity (Wildman–Crippen MR) is 112 cm³/mol. The van der Waals surface area contributed by atoms with E-state index >= 15 is 0 Å². The molecular formula is C21H23N5O2S. The van der Waals surface area contributed by atoms with Crippen molar-refractivity contribution < 1.29 is 9.53 Å². The number of rotatable bonds is 8. The maximum Gasteiger partial charge on any atom is 0.234 e. The van der Waals surface area contributed by atoms with Crippen LogP contribution in [0.15, 0.2) is 59.8 Å². The fraction of sp³-hybridized carbons (Fsp3) is 0.333. The Balaban J connectivity index is 1.25. The number of aromatic nitrogens is 4. The van der Waals surface area contributed by atoms with Crippen LogP contribution in [0.4, 0.5) is 5.69 Å². The summed E-state index contributed by atoms with van der Waals surface area (Å²) in [6.07, 6.45) is 4.62. The average molecular weight is 410 g/mol. The molecular weight excluding hydrogens is 386 g/mol. The second-order valence-electron chi connectivity index (χ2n) is 6.98. The number of ether oxygens (including phenoxy) is 1. The summed E-state index contributed by atoms with van der Waals surface area (Å²) in [7, 11) is 0. The van der Waals surface area contributed by atoms with Crippen molar-refractivity contribution in [1.82, 2.24) is 20.2 Å². The van der Waals surface area contributed by atoms with E-state index < -0.39 is 0 Å².